The molecule has 14 heavy (non-hydrogen) atoms. The van der Waals surface area contributed by atoms with Gasteiger partial charge in [0.25, 0.3) is 0 Å². The van der Waals surface area contributed by atoms with Crippen molar-refractivity contribution < 1.29 is 0 Å². The van der Waals surface area contributed by atoms with Crippen LogP contribution >= 0.6 is 0 Å². The van der Waals surface area contributed by atoms with Gasteiger partial charge in [-0.25, -0.2) is 0 Å². The van der Waals surface area contributed by atoms with Gasteiger partial charge in [0.05, 0.1) is 0 Å². The molecule has 0 N–H and O–H groups in total. The summed E-state index contributed by atoms with van der Waals surface area (Å²) < 4.78 is 0. The summed E-state index contributed by atoms with van der Waals surface area (Å²) in [4.78, 5) is 0. The van der Waals surface area contributed by atoms with E-state index in [1.165, 1.54) is 16.7 Å². The molecule has 2 rings (SSSR count). The fraction of sp³-hybridized carbons (Fsp3) is 0.0714. The fourth-order valence-electron chi connectivity index (χ4n) is 1.44. The Balaban J connectivity index is 2.40. The molecule has 0 aliphatic rings. The van der Waals surface area contributed by atoms with E-state index in [1.54, 1.807) is 0 Å². The predicted molar refractivity (Wildman–Crippen MR) is 61.1 cm³/mol. The lowest BCUT2D eigenvalue weighted by Gasteiger charge is -1.99. The van der Waals surface area contributed by atoms with E-state index in [0.717, 1.165) is 5.56 Å². The summed E-state index contributed by atoms with van der Waals surface area (Å²) in [6.07, 6.45) is 0. The van der Waals surface area contributed by atoms with Gasteiger partial charge in [-0.15, -0.1) is 0 Å². The van der Waals surface area contributed by atoms with Crippen LogP contribution in [-0.2, 0) is 0 Å². The van der Waals surface area contributed by atoms with E-state index in [-0.39, 0.29) is 0 Å². The quantitative estimate of drug-likeness (QED) is 0.586. The molecule has 0 spiro atoms. The van der Waals surface area contributed by atoms with Crippen LogP contribution < -0.4 is 0 Å². The first-order valence-corrected chi connectivity index (χ1v) is 4.75. The van der Waals surface area contributed by atoms with E-state index in [4.69, 9.17) is 0 Å². The van der Waals surface area contributed by atoms with Gasteiger partial charge in [0.2, 0.25) is 0 Å². The summed E-state index contributed by atoms with van der Waals surface area (Å²) >= 11 is 0. The summed E-state index contributed by atoms with van der Waals surface area (Å²) in [6.45, 7) is 5.97. The Labute approximate surface area is 85.2 Å². The largest absolute Gasteiger partial charge is 0.126 e. The second kappa shape index (κ2) is 3.59. The number of rotatable bonds is 1. The molecular formula is C14H13+. The van der Waals surface area contributed by atoms with E-state index in [2.05, 4.69) is 50.2 Å². The Kier molecular flexibility index (Phi) is 2.28. The van der Waals surface area contributed by atoms with Crippen molar-refractivity contribution in [3.63, 3.8) is 0 Å². The van der Waals surface area contributed by atoms with Crippen molar-refractivity contribution >= 4 is 0 Å². The Bertz CT molecular complexity index is 363. The zero-order valence-corrected chi connectivity index (χ0v) is 8.33. The average Bonchev–Trinajstić information content (AvgIpc) is 2.21. The second-order valence-electron chi connectivity index (χ2n) is 3.56. The Morgan fingerprint density at radius 1 is 0.714 bits per heavy atom. The number of hydrogen-bond donors (Lipinski definition) is 0. The van der Waals surface area contributed by atoms with Crippen LogP contribution in [0.4, 0.5) is 0 Å². The third kappa shape index (κ3) is 1.80. The molecule has 0 aliphatic heterocycles. The molecule has 0 radical (unpaired) electrons. The first-order valence-electron chi connectivity index (χ1n) is 4.75. The van der Waals surface area contributed by atoms with Crippen LogP contribution in [0.1, 0.15) is 11.1 Å². The third-order valence-electron chi connectivity index (χ3n) is 2.34. The van der Waals surface area contributed by atoms with Gasteiger partial charge in [-0.05, 0) is 12.5 Å². The van der Waals surface area contributed by atoms with Gasteiger partial charge in [-0.3, -0.25) is 0 Å². The Morgan fingerprint density at radius 2 is 1.14 bits per heavy atom. The van der Waals surface area contributed by atoms with Crippen LogP contribution in [0.25, 0.3) is 11.1 Å². The zero-order chi connectivity index (χ0) is 9.97. The minimum Gasteiger partial charge on any atom is -0.0587 e. The summed E-state index contributed by atoms with van der Waals surface area (Å²) in [5.41, 5.74) is 4.86. The van der Waals surface area contributed by atoms with Crippen LogP contribution in [0.15, 0.2) is 48.5 Å². The molecule has 0 bridgehead atoms. The molecule has 0 fully saturated rings. The van der Waals surface area contributed by atoms with Crippen molar-refractivity contribution in [1.29, 1.82) is 0 Å². The van der Waals surface area contributed by atoms with Crippen molar-refractivity contribution in [2.75, 3.05) is 0 Å². The molecule has 2 aromatic carbocycles. The molecule has 0 unspecified atom stereocenters. The molecule has 0 atom stereocenters. The molecule has 0 aromatic heterocycles. The predicted octanol–water partition coefficient (Wildman–Crippen LogP) is 3.84. The van der Waals surface area contributed by atoms with Crippen LogP contribution in [0.2, 0.25) is 0 Å². The molecule has 2 aromatic rings. The van der Waals surface area contributed by atoms with E-state index >= 15 is 0 Å². The maximum atomic E-state index is 3.87. The van der Waals surface area contributed by atoms with Crippen LogP contribution in [-0.4, -0.2) is 0 Å². The summed E-state index contributed by atoms with van der Waals surface area (Å²) in [7, 11) is 0. The van der Waals surface area contributed by atoms with Crippen molar-refractivity contribution in [2.24, 2.45) is 0 Å². The molecular weight excluding hydrogens is 168 g/mol. The van der Waals surface area contributed by atoms with Crippen molar-refractivity contribution in [1.82, 2.24) is 0 Å². The van der Waals surface area contributed by atoms with Crippen molar-refractivity contribution in [3.8, 4) is 11.1 Å². The average molecular weight is 181 g/mol. The summed E-state index contributed by atoms with van der Waals surface area (Å²) in [5, 5.41) is 0. The number of aryl methyl sites for hydroxylation is 1. The molecule has 0 aliphatic carbocycles. The van der Waals surface area contributed by atoms with Gasteiger partial charge in [-0.1, -0.05) is 29.8 Å². The summed E-state index contributed by atoms with van der Waals surface area (Å²) in [6, 6.07) is 16.8. The lowest BCUT2D eigenvalue weighted by molar-refractivity contribution is 1.47. The van der Waals surface area contributed by atoms with Crippen molar-refractivity contribution in [2.45, 2.75) is 6.92 Å². The second-order valence-corrected chi connectivity index (χ2v) is 3.56. The third-order valence-corrected chi connectivity index (χ3v) is 2.34. The van der Waals surface area contributed by atoms with Gasteiger partial charge in [0, 0.05) is 36.8 Å². The maximum absolute atomic E-state index is 3.87. The first-order chi connectivity index (χ1) is 6.75. The molecule has 0 amide bonds. The highest BCUT2D eigenvalue weighted by Crippen LogP contribution is 2.19. The van der Waals surface area contributed by atoms with Crippen molar-refractivity contribution in [3.05, 3.63) is 66.6 Å². The minimum absolute atomic E-state index is 1.06. The Hall–Kier alpha value is -1.69. The first kappa shape index (κ1) is 8.89. The highest BCUT2D eigenvalue weighted by molar-refractivity contribution is 5.63. The van der Waals surface area contributed by atoms with Crippen LogP contribution in [0, 0.1) is 13.8 Å². The van der Waals surface area contributed by atoms with Gasteiger partial charge >= 0.3 is 0 Å². The van der Waals surface area contributed by atoms with Gasteiger partial charge in [0.1, 0.15) is 5.56 Å². The summed E-state index contributed by atoms with van der Waals surface area (Å²) in [5.74, 6) is 0. The Morgan fingerprint density at radius 3 is 1.64 bits per heavy atom. The smallest absolute Gasteiger partial charge is 0.0587 e. The SMILES string of the molecule is [CH2+]c1ccc(-c2ccc(C)cc2)cc1. The molecule has 0 heterocycles. The van der Waals surface area contributed by atoms with Gasteiger partial charge in [0.15, 0.2) is 0 Å². The van der Waals surface area contributed by atoms with Crippen LogP contribution in [0.3, 0.4) is 0 Å². The van der Waals surface area contributed by atoms with E-state index < -0.39 is 0 Å². The fourth-order valence-corrected chi connectivity index (χ4v) is 1.44. The topological polar surface area (TPSA) is 0 Å². The number of hydrogen-bond acceptors (Lipinski definition) is 0. The maximum Gasteiger partial charge on any atom is 0.126 e. The lowest BCUT2D eigenvalue weighted by Crippen LogP contribution is -1.78. The highest BCUT2D eigenvalue weighted by atomic mass is 14.0. The molecule has 68 valence electrons. The standard InChI is InChI=1S/C14H13/c1-11-3-7-13(8-4-11)14-9-5-12(2)6-10-14/h3-10H,1H2,2H3/q+1. The van der Waals surface area contributed by atoms with Gasteiger partial charge in [-0.2, -0.15) is 0 Å². The lowest BCUT2D eigenvalue weighted by atomic mass is 10.0. The molecule has 0 heteroatoms. The van der Waals surface area contributed by atoms with Crippen LogP contribution in [0.5, 0.6) is 0 Å². The molecule has 0 saturated carbocycles. The highest BCUT2D eigenvalue weighted by Gasteiger charge is 1.99. The monoisotopic (exact) mass is 181 g/mol. The zero-order valence-electron chi connectivity index (χ0n) is 8.33. The molecule has 0 saturated heterocycles. The molecule has 0 nitrogen and oxygen atoms in total. The van der Waals surface area contributed by atoms with E-state index in [0.29, 0.717) is 0 Å². The number of benzene rings is 2. The van der Waals surface area contributed by atoms with E-state index in [9.17, 15) is 0 Å². The van der Waals surface area contributed by atoms with E-state index in [1.807, 2.05) is 12.1 Å². The minimum atomic E-state index is 1.06. The van der Waals surface area contributed by atoms with Gasteiger partial charge < -0.3 is 0 Å². The normalized spacial score (nSPS) is 10.1.